The van der Waals surface area contributed by atoms with Crippen LogP contribution in [0.3, 0.4) is 0 Å². The maximum absolute atomic E-state index is 5.54. The molecule has 2 aromatic rings. The topological polar surface area (TPSA) is 43.4 Å². The first kappa shape index (κ1) is 16.3. The van der Waals surface area contributed by atoms with Crippen LogP contribution in [0.15, 0.2) is 48.7 Å². The summed E-state index contributed by atoms with van der Waals surface area (Å²) in [6.07, 6.45) is 2.81. The maximum Gasteiger partial charge on any atom is 0.213 e. The second kappa shape index (κ2) is 9.05. The largest absolute Gasteiger partial charge is 0.497 e. The van der Waals surface area contributed by atoms with Crippen LogP contribution in [0.25, 0.3) is 0 Å². The van der Waals surface area contributed by atoms with Crippen LogP contribution in [0, 0.1) is 0 Å². The van der Waals surface area contributed by atoms with E-state index >= 15 is 0 Å². The van der Waals surface area contributed by atoms with Crippen molar-refractivity contribution >= 4 is 0 Å². The highest BCUT2D eigenvalue weighted by Crippen LogP contribution is 2.22. The average molecular weight is 300 g/mol. The van der Waals surface area contributed by atoms with E-state index in [0.717, 1.165) is 25.3 Å². The van der Waals surface area contributed by atoms with Crippen molar-refractivity contribution in [3.05, 3.63) is 54.2 Å². The molecule has 1 N–H and O–H groups in total. The Kier molecular flexibility index (Phi) is 6.71. The molecular formula is C18H24N2O2. The van der Waals surface area contributed by atoms with Crippen LogP contribution >= 0.6 is 0 Å². The zero-order valence-electron chi connectivity index (χ0n) is 13.3. The van der Waals surface area contributed by atoms with E-state index in [1.54, 1.807) is 13.3 Å². The van der Waals surface area contributed by atoms with E-state index in [4.69, 9.17) is 9.47 Å². The van der Waals surface area contributed by atoms with Gasteiger partial charge in [-0.1, -0.05) is 25.1 Å². The van der Waals surface area contributed by atoms with Crippen LogP contribution in [0.1, 0.15) is 24.8 Å². The Morgan fingerprint density at radius 3 is 2.82 bits per heavy atom. The lowest BCUT2D eigenvalue weighted by atomic mass is 9.98. The number of ether oxygens (including phenoxy) is 2. The van der Waals surface area contributed by atoms with Gasteiger partial charge in [-0.25, -0.2) is 4.98 Å². The number of nitrogens with one attached hydrogen (secondary N) is 1. The molecule has 0 saturated carbocycles. The predicted molar refractivity (Wildman–Crippen MR) is 88.6 cm³/mol. The molecule has 1 unspecified atom stereocenters. The van der Waals surface area contributed by atoms with Crippen LogP contribution in [-0.4, -0.2) is 31.8 Å². The van der Waals surface area contributed by atoms with Gasteiger partial charge in [0.15, 0.2) is 0 Å². The Labute approximate surface area is 132 Å². The molecule has 0 aliphatic carbocycles. The Hall–Kier alpha value is -2.07. The van der Waals surface area contributed by atoms with Crippen molar-refractivity contribution in [3.63, 3.8) is 0 Å². The highest BCUT2D eigenvalue weighted by molar-refractivity contribution is 5.30. The maximum atomic E-state index is 5.54. The minimum atomic E-state index is 0.499. The molecule has 0 aliphatic rings. The Balaban J connectivity index is 1.61. The lowest BCUT2D eigenvalue weighted by molar-refractivity contribution is 0.302. The molecule has 0 saturated heterocycles. The Morgan fingerprint density at radius 1 is 1.14 bits per heavy atom. The van der Waals surface area contributed by atoms with E-state index in [2.05, 4.69) is 29.4 Å². The van der Waals surface area contributed by atoms with E-state index in [1.165, 1.54) is 5.56 Å². The van der Waals surface area contributed by atoms with Crippen LogP contribution in [0.4, 0.5) is 0 Å². The minimum absolute atomic E-state index is 0.499. The van der Waals surface area contributed by atoms with Crippen LogP contribution < -0.4 is 14.8 Å². The van der Waals surface area contributed by atoms with Gasteiger partial charge in [-0.2, -0.15) is 0 Å². The van der Waals surface area contributed by atoms with E-state index < -0.39 is 0 Å². The number of hydrogen-bond donors (Lipinski definition) is 1. The molecule has 1 aromatic carbocycles. The van der Waals surface area contributed by atoms with Crippen molar-refractivity contribution in [1.82, 2.24) is 10.3 Å². The number of benzene rings is 1. The zero-order chi connectivity index (χ0) is 15.6. The molecule has 0 amide bonds. The summed E-state index contributed by atoms with van der Waals surface area (Å²) in [5.74, 6) is 2.09. The molecule has 4 heteroatoms. The molecule has 1 aromatic heterocycles. The summed E-state index contributed by atoms with van der Waals surface area (Å²) >= 11 is 0. The van der Waals surface area contributed by atoms with Crippen LogP contribution in [-0.2, 0) is 0 Å². The Morgan fingerprint density at radius 2 is 2.05 bits per heavy atom. The quantitative estimate of drug-likeness (QED) is 0.722. The molecule has 0 radical (unpaired) electrons. The summed E-state index contributed by atoms with van der Waals surface area (Å²) in [5, 5.41) is 3.40. The van der Waals surface area contributed by atoms with Gasteiger partial charge in [0.25, 0.3) is 0 Å². The Bertz CT molecular complexity index is 546. The second-order valence-electron chi connectivity index (χ2n) is 5.23. The lowest BCUT2D eigenvalue weighted by Crippen LogP contribution is -2.23. The fraction of sp³-hybridized carbons (Fsp3) is 0.389. The molecule has 0 fully saturated rings. The molecule has 1 heterocycles. The molecule has 1 atom stereocenters. The highest BCUT2D eigenvalue weighted by atomic mass is 16.5. The summed E-state index contributed by atoms with van der Waals surface area (Å²) in [7, 11) is 1.70. The normalized spacial score (nSPS) is 11.9. The van der Waals surface area contributed by atoms with Crippen molar-refractivity contribution in [1.29, 1.82) is 0 Å². The number of aromatic nitrogens is 1. The summed E-state index contributed by atoms with van der Waals surface area (Å²) in [6.45, 7) is 4.65. The van der Waals surface area contributed by atoms with E-state index in [0.29, 0.717) is 18.4 Å². The molecule has 22 heavy (non-hydrogen) atoms. The fourth-order valence-corrected chi connectivity index (χ4v) is 2.22. The molecule has 0 bridgehead atoms. The predicted octanol–water partition coefficient (Wildman–Crippen LogP) is 3.25. The lowest BCUT2D eigenvalue weighted by Gasteiger charge is -2.13. The molecular weight excluding hydrogens is 276 g/mol. The highest BCUT2D eigenvalue weighted by Gasteiger charge is 2.06. The monoisotopic (exact) mass is 300 g/mol. The summed E-state index contributed by atoms with van der Waals surface area (Å²) in [6, 6.07) is 13.9. The molecule has 2 rings (SSSR count). The standard InChI is InChI=1S/C18H24N2O2/c1-15(16-6-5-7-17(14-16)21-2)9-11-19-12-13-22-18-8-3-4-10-20-18/h3-8,10,14-15,19H,9,11-13H2,1-2H3. The molecule has 118 valence electrons. The van der Waals surface area contributed by atoms with E-state index in [-0.39, 0.29) is 0 Å². The van der Waals surface area contributed by atoms with Crippen molar-refractivity contribution in [2.24, 2.45) is 0 Å². The molecule has 0 spiro atoms. The number of pyridine rings is 1. The van der Waals surface area contributed by atoms with Crippen molar-refractivity contribution < 1.29 is 9.47 Å². The smallest absolute Gasteiger partial charge is 0.213 e. The van der Waals surface area contributed by atoms with Gasteiger partial charge in [-0.3, -0.25) is 0 Å². The van der Waals surface area contributed by atoms with E-state index in [9.17, 15) is 0 Å². The van der Waals surface area contributed by atoms with Crippen LogP contribution in [0.5, 0.6) is 11.6 Å². The van der Waals surface area contributed by atoms with Crippen molar-refractivity contribution in [2.75, 3.05) is 26.8 Å². The third-order valence-corrected chi connectivity index (χ3v) is 3.58. The first-order chi connectivity index (χ1) is 10.8. The number of hydrogen-bond acceptors (Lipinski definition) is 4. The third kappa shape index (κ3) is 5.37. The van der Waals surface area contributed by atoms with E-state index in [1.807, 2.05) is 30.3 Å². The minimum Gasteiger partial charge on any atom is -0.497 e. The number of methoxy groups -OCH3 is 1. The van der Waals surface area contributed by atoms with Gasteiger partial charge in [-0.15, -0.1) is 0 Å². The summed E-state index contributed by atoms with van der Waals surface area (Å²) in [4.78, 5) is 4.12. The van der Waals surface area contributed by atoms with Crippen molar-refractivity contribution in [2.45, 2.75) is 19.3 Å². The average Bonchev–Trinajstić information content (AvgIpc) is 2.58. The van der Waals surface area contributed by atoms with Gasteiger partial charge in [0.05, 0.1) is 7.11 Å². The number of nitrogens with zero attached hydrogens (tertiary/aromatic N) is 1. The third-order valence-electron chi connectivity index (χ3n) is 3.58. The molecule has 4 nitrogen and oxygen atoms in total. The van der Waals surface area contributed by atoms with Gasteiger partial charge >= 0.3 is 0 Å². The van der Waals surface area contributed by atoms with Gasteiger partial charge in [0.1, 0.15) is 12.4 Å². The summed E-state index contributed by atoms with van der Waals surface area (Å²) < 4.78 is 10.8. The van der Waals surface area contributed by atoms with Gasteiger partial charge in [-0.05, 0) is 42.6 Å². The number of rotatable bonds is 9. The molecule has 0 aliphatic heterocycles. The van der Waals surface area contributed by atoms with Crippen LogP contribution in [0.2, 0.25) is 0 Å². The van der Waals surface area contributed by atoms with Crippen molar-refractivity contribution in [3.8, 4) is 11.6 Å². The zero-order valence-corrected chi connectivity index (χ0v) is 13.3. The second-order valence-corrected chi connectivity index (χ2v) is 5.23. The summed E-state index contributed by atoms with van der Waals surface area (Å²) in [5.41, 5.74) is 1.31. The van der Waals surface area contributed by atoms with Gasteiger partial charge in [0.2, 0.25) is 5.88 Å². The van der Waals surface area contributed by atoms with Gasteiger partial charge < -0.3 is 14.8 Å². The van der Waals surface area contributed by atoms with Gasteiger partial charge in [0, 0.05) is 18.8 Å². The first-order valence-electron chi connectivity index (χ1n) is 7.68. The fourth-order valence-electron chi connectivity index (χ4n) is 2.22. The first-order valence-corrected chi connectivity index (χ1v) is 7.68. The SMILES string of the molecule is COc1cccc(C(C)CCNCCOc2ccccn2)c1.